The summed E-state index contributed by atoms with van der Waals surface area (Å²) in [6.07, 6.45) is 2.15. The number of aryl methyl sites for hydroxylation is 2. The topological polar surface area (TPSA) is 131 Å². The van der Waals surface area contributed by atoms with Crippen molar-refractivity contribution in [3.63, 3.8) is 0 Å². The van der Waals surface area contributed by atoms with Crippen molar-refractivity contribution in [1.29, 1.82) is 0 Å². The number of hydrogen-bond acceptors (Lipinski definition) is 7. The third-order valence-electron chi connectivity index (χ3n) is 4.55. The van der Waals surface area contributed by atoms with Gasteiger partial charge in [0.2, 0.25) is 0 Å². The quantitative estimate of drug-likeness (QED) is 0.288. The van der Waals surface area contributed by atoms with Gasteiger partial charge in [0.15, 0.2) is 28.4 Å². The highest BCUT2D eigenvalue weighted by Crippen LogP contribution is 2.24. The molecule has 0 atom stereocenters. The van der Waals surface area contributed by atoms with Crippen LogP contribution in [0.2, 0.25) is 0 Å². The van der Waals surface area contributed by atoms with Crippen LogP contribution >= 0.6 is 0 Å². The minimum atomic E-state index is -0.428. The number of aromatic nitrogens is 4. The second-order valence-electron chi connectivity index (χ2n) is 6.47. The number of Topliss-reactive ketones (excluding diaryl/α,β-unsaturated/α-hetero) is 1. The predicted molar refractivity (Wildman–Crippen MR) is 102 cm³/mol. The molecule has 3 rings (SSSR count). The van der Waals surface area contributed by atoms with Gasteiger partial charge in [0, 0.05) is 26.2 Å². The average molecular weight is 387 g/mol. The van der Waals surface area contributed by atoms with Gasteiger partial charge in [-0.3, -0.25) is 18.7 Å². The largest absolute Gasteiger partial charge is 0.504 e. The number of carbonyl (C=O) groups is 1. The summed E-state index contributed by atoms with van der Waals surface area (Å²) in [6, 6.07) is 3.92. The van der Waals surface area contributed by atoms with Crippen molar-refractivity contribution in [1.82, 2.24) is 24.0 Å². The predicted octanol–water partition coefficient (Wildman–Crippen LogP) is -0.293. The number of nitrogens with one attached hydrogen (secondary N) is 1. The molecule has 0 spiro atoms. The van der Waals surface area contributed by atoms with E-state index in [9.17, 15) is 24.6 Å². The van der Waals surface area contributed by atoms with E-state index in [1.165, 1.54) is 36.1 Å². The van der Waals surface area contributed by atoms with E-state index in [2.05, 4.69) is 10.3 Å². The first-order chi connectivity index (χ1) is 13.3. The Bertz CT molecular complexity index is 1160. The Labute approximate surface area is 159 Å². The first-order valence-corrected chi connectivity index (χ1v) is 8.68. The number of hydrogen-bond donors (Lipinski definition) is 3. The summed E-state index contributed by atoms with van der Waals surface area (Å²) in [4.78, 5) is 40.5. The van der Waals surface area contributed by atoms with Crippen LogP contribution in [0.25, 0.3) is 11.2 Å². The molecule has 28 heavy (non-hydrogen) atoms. The molecule has 0 amide bonds. The molecule has 0 saturated carbocycles. The maximum atomic E-state index is 12.4. The van der Waals surface area contributed by atoms with E-state index >= 15 is 0 Å². The number of ketones is 1. The fourth-order valence-corrected chi connectivity index (χ4v) is 2.94. The molecule has 10 nitrogen and oxygen atoms in total. The van der Waals surface area contributed by atoms with Gasteiger partial charge in [0.1, 0.15) is 0 Å². The van der Waals surface area contributed by atoms with Crippen LogP contribution in [0.3, 0.4) is 0 Å². The van der Waals surface area contributed by atoms with Gasteiger partial charge in [0.05, 0.1) is 12.9 Å². The van der Waals surface area contributed by atoms with Gasteiger partial charge in [-0.1, -0.05) is 0 Å². The number of phenols is 2. The van der Waals surface area contributed by atoms with Crippen molar-refractivity contribution in [3.8, 4) is 11.5 Å². The zero-order valence-corrected chi connectivity index (χ0v) is 15.5. The molecule has 1 aromatic carbocycles. The fourth-order valence-electron chi connectivity index (χ4n) is 2.94. The molecule has 0 saturated heterocycles. The number of phenolic OH excluding ortho intramolecular Hbond substituents is 2. The SMILES string of the molecule is Cn1c(=O)c2c(ncn2CCCNCC(=O)c2ccc(O)c(O)c2)n(C)c1=O. The maximum absolute atomic E-state index is 12.4. The highest BCUT2D eigenvalue weighted by molar-refractivity contribution is 5.98. The first kappa shape index (κ1) is 19.4. The van der Waals surface area contributed by atoms with Crippen LogP contribution in [-0.4, -0.2) is 47.8 Å². The minimum Gasteiger partial charge on any atom is -0.504 e. The summed E-state index contributed by atoms with van der Waals surface area (Å²) < 4.78 is 4.07. The lowest BCUT2D eigenvalue weighted by atomic mass is 10.1. The molecular weight excluding hydrogens is 366 g/mol. The lowest BCUT2D eigenvalue weighted by Gasteiger charge is -2.08. The molecule has 148 valence electrons. The van der Waals surface area contributed by atoms with Crippen LogP contribution in [0.5, 0.6) is 11.5 Å². The summed E-state index contributed by atoms with van der Waals surface area (Å²) >= 11 is 0. The Balaban J connectivity index is 1.59. The van der Waals surface area contributed by atoms with E-state index in [4.69, 9.17) is 0 Å². The molecule has 10 heteroatoms. The van der Waals surface area contributed by atoms with Gasteiger partial charge in [0.25, 0.3) is 5.56 Å². The number of fused-ring (bicyclic) bond motifs is 1. The van der Waals surface area contributed by atoms with Crippen molar-refractivity contribution in [3.05, 3.63) is 50.9 Å². The van der Waals surface area contributed by atoms with E-state index in [1.54, 1.807) is 11.6 Å². The molecule has 0 aliphatic rings. The normalized spacial score (nSPS) is 11.2. The Morgan fingerprint density at radius 3 is 2.61 bits per heavy atom. The number of benzene rings is 1. The summed E-state index contributed by atoms with van der Waals surface area (Å²) in [5, 5.41) is 21.7. The Morgan fingerprint density at radius 1 is 1.14 bits per heavy atom. The summed E-state index contributed by atoms with van der Waals surface area (Å²) in [6.45, 7) is 1.08. The molecule has 0 bridgehead atoms. The van der Waals surface area contributed by atoms with E-state index in [0.29, 0.717) is 36.2 Å². The Morgan fingerprint density at radius 2 is 1.89 bits per heavy atom. The van der Waals surface area contributed by atoms with Gasteiger partial charge < -0.3 is 20.1 Å². The molecule has 3 aromatic rings. The van der Waals surface area contributed by atoms with E-state index < -0.39 is 11.2 Å². The van der Waals surface area contributed by atoms with Crippen molar-refractivity contribution in [2.24, 2.45) is 14.1 Å². The number of rotatable bonds is 7. The van der Waals surface area contributed by atoms with E-state index in [1.807, 2.05) is 0 Å². The number of imidazole rings is 1. The smallest absolute Gasteiger partial charge is 0.332 e. The number of nitrogens with zero attached hydrogens (tertiary/aromatic N) is 4. The average Bonchev–Trinajstić information content (AvgIpc) is 3.10. The summed E-state index contributed by atoms with van der Waals surface area (Å²) in [5.41, 5.74) is 0.172. The van der Waals surface area contributed by atoms with E-state index in [0.717, 1.165) is 4.57 Å². The standard InChI is InChI=1S/C18H21N5O5/c1-21-16-15(17(27)22(2)18(21)28)23(10-20-16)7-3-6-19-9-14(26)11-4-5-12(24)13(25)8-11/h4-5,8,10,19,24-25H,3,6-7,9H2,1-2H3. The molecule has 3 N–H and O–H groups in total. The van der Waals surface area contributed by atoms with Crippen LogP contribution in [0.15, 0.2) is 34.1 Å². The van der Waals surface area contributed by atoms with Gasteiger partial charge >= 0.3 is 5.69 Å². The highest BCUT2D eigenvalue weighted by atomic mass is 16.3. The van der Waals surface area contributed by atoms with Crippen LogP contribution in [0.1, 0.15) is 16.8 Å². The third-order valence-corrected chi connectivity index (χ3v) is 4.55. The van der Waals surface area contributed by atoms with Gasteiger partial charge in [-0.25, -0.2) is 9.78 Å². The number of aromatic hydroxyl groups is 2. The molecule has 2 heterocycles. The van der Waals surface area contributed by atoms with Gasteiger partial charge in [-0.2, -0.15) is 0 Å². The highest BCUT2D eigenvalue weighted by Gasteiger charge is 2.14. The summed E-state index contributed by atoms with van der Waals surface area (Å²) in [7, 11) is 2.99. The van der Waals surface area contributed by atoms with Crippen molar-refractivity contribution in [2.45, 2.75) is 13.0 Å². The second-order valence-corrected chi connectivity index (χ2v) is 6.47. The Kier molecular flexibility index (Phi) is 5.32. The molecule has 0 aliphatic heterocycles. The van der Waals surface area contributed by atoms with Gasteiger partial charge in [-0.05, 0) is 31.2 Å². The van der Waals surface area contributed by atoms with Crippen molar-refractivity contribution in [2.75, 3.05) is 13.1 Å². The molecule has 0 fully saturated rings. The third kappa shape index (κ3) is 3.54. The monoisotopic (exact) mass is 387 g/mol. The van der Waals surface area contributed by atoms with Crippen LogP contribution in [0.4, 0.5) is 0 Å². The molecule has 2 aromatic heterocycles. The van der Waals surface area contributed by atoms with E-state index in [-0.39, 0.29) is 23.8 Å². The zero-order chi connectivity index (χ0) is 20.4. The van der Waals surface area contributed by atoms with Crippen LogP contribution in [0, 0.1) is 0 Å². The van der Waals surface area contributed by atoms with Crippen molar-refractivity contribution >= 4 is 16.9 Å². The van der Waals surface area contributed by atoms with Crippen LogP contribution in [-0.2, 0) is 20.6 Å². The maximum Gasteiger partial charge on any atom is 0.332 e. The van der Waals surface area contributed by atoms with Gasteiger partial charge in [-0.15, -0.1) is 0 Å². The lowest BCUT2D eigenvalue weighted by Crippen LogP contribution is -2.37. The first-order valence-electron chi connectivity index (χ1n) is 8.68. The molecular formula is C18H21N5O5. The Hall–Kier alpha value is -3.40. The van der Waals surface area contributed by atoms with Crippen LogP contribution < -0.4 is 16.6 Å². The van der Waals surface area contributed by atoms with Crippen molar-refractivity contribution < 1.29 is 15.0 Å². The second kappa shape index (κ2) is 7.69. The molecule has 0 unspecified atom stereocenters. The minimum absolute atomic E-state index is 0.0746. The lowest BCUT2D eigenvalue weighted by molar-refractivity contribution is 0.0990. The number of carbonyl (C=O) groups excluding carboxylic acids is 1. The molecule has 0 aliphatic carbocycles. The zero-order valence-electron chi connectivity index (χ0n) is 15.5. The summed E-state index contributed by atoms with van der Waals surface area (Å²) in [5.74, 6) is -0.832. The molecule has 0 radical (unpaired) electrons. The fraction of sp³-hybridized carbons (Fsp3) is 0.333.